The van der Waals surface area contributed by atoms with Crippen molar-refractivity contribution in [2.75, 3.05) is 31.6 Å². The van der Waals surface area contributed by atoms with Crippen LogP contribution in [0.15, 0.2) is 47.5 Å². The second kappa shape index (κ2) is 8.66. The van der Waals surface area contributed by atoms with Crippen LogP contribution in [-0.4, -0.2) is 49.3 Å². The highest BCUT2D eigenvalue weighted by atomic mass is 32.2. The van der Waals surface area contributed by atoms with Gasteiger partial charge >= 0.3 is 0 Å². The Balaban J connectivity index is 1.83. The lowest BCUT2D eigenvalue weighted by atomic mass is 10.2. The molecule has 0 radical (unpaired) electrons. The Morgan fingerprint density at radius 1 is 1.18 bits per heavy atom. The minimum Gasteiger partial charge on any atom is -0.369 e. The van der Waals surface area contributed by atoms with Gasteiger partial charge in [-0.1, -0.05) is 12.5 Å². The summed E-state index contributed by atoms with van der Waals surface area (Å²) >= 11 is 0. The maximum absolute atomic E-state index is 12.8. The largest absolute Gasteiger partial charge is 0.369 e. The summed E-state index contributed by atoms with van der Waals surface area (Å²) in [5.41, 5.74) is 1.07. The molecule has 8 nitrogen and oxygen atoms in total. The summed E-state index contributed by atoms with van der Waals surface area (Å²) in [6.45, 7) is 1.44. The zero-order chi connectivity index (χ0) is 20.1. The minimum absolute atomic E-state index is 0.0250. The van der Waals surface area contributed by atoms with Gasteiger partial charge in [-0.3, -0.25) is 15.1 Å². The van der Waals surface area contributed by atoms with Gasteiger partial charge in [0.2, 0.25) is 10.0 Å². The second-order valence-electron chi connectivity index (χ2n) is 6.87. The molecule has 150 valence electrons. The summed E-state index contributed by atoms with van der Waals surface area (Å²) in [6.07, 6.45) is 4.97. The van der Waals surface area contributed by atoms with Crippen molar-refractivity contribution in [3.63, 3.8) is 0 Å². The van der Waals surface area contributed by atoms with E-state index in [1.807, 2.05) is 18.2 Å². The van der Waals surface area contributed by atoms with Crippen molar-refractivity contribution in [2.24, 2.45) is 0 Å². The number of nitrogens with zero attached hydrogens (tertiary/aromatic N) is 4. The lowest BCUT2D eigenvalue weighted by molar-refractivity contribution is -0.384. The molecule has 0 N–H and O–H groups in total. The number of nitro groups is 1. The molecule has 0 atom stereocenters. The van der Waals surface area contributed by atoms with Crippen molar-refractivity contribution in [3.05, 3.63) is 58.4 Å². The first-order valence-electron chi connectivity index (χ1n) is 9.29. The molecule has 0 saturated carbocycles. The summed E-state index contributed by atoms with van der Waals surface area (Å²) in [6, 6.07) is 9.79. The van der Waals surface area contributed by atoms with E-state index < -0.39 is 14.9 Å². The molecule has 1 aromatic carbocycles. The van der Waals surface area contributed by atoms with Crippen LogP contribution in [0.5, 0.6) is 0 Å². The third-order valence-corrected chi connectivity index (χ3v) is 6.83. The van der Waals surface area contributed by atoms with Crippen LogP contribution in [0, 0.1) is 10.1 Å². The number of anilines is 1. The SMILES string of the molecule is CN(CCc1ccccn1)c1ccc(S(=O)(=O)N2CCCCC2)cc1[N+](=O)[O-]. The fourth-order valence-corrected chi connectivity index (χ4v) is 4.87. The standard InChI is InChI=1S/C19H24N4O4S/c1-21(14-10-16-7-3-4-11-20-16)18-9-8-17(15-19(18)23(24)25)28(26,27)22-12-5-2-6-13-22/h3-4,7-9,11,15H,2,5-6,10,12-14H2,1H3. The lowest BCUT2D eigenvalue weighted by Crippen LogP contribution is -2.35. The molecule has 0 spiro atoms. The first-order valence-corrected chi connectivity index (χ1v) is 10.7. The Bertz CT molecular complexity index is 928. The summed E-state index contributed by atoms with van der Waals surface area (Å²) in [5.74, 6) is 0. The minimum atomic E-state index is -3.72. The Morgan fingerprint density at radius 3 is 2.57 bits per heavy atom. The predicted molar refractivity (Wildman–Crippen MR) is 107 cm³/mol. The van der Waals surface area contributed by atoms with Crippen LogP contribution in [-0.2, 0) is 16.4 Å². The number of nitro benzene ring substituents is 1. The molecule has 0 aliphatic carbocycles. The quantitative estimate of drug-likeness (QED) is 0.520. The number of rotatable bonds is 7. The van der Waals surface area contributed by atoms with Crippen molar-refractivity contribution in [1.82, 2.24) is 9.29 Å². The van der Waals surface area contributed by atoms with E-state index in [0.29, 0.717) is 31.7 Å². The number of likely N-dealkylation sites (N-methyl/N-ethyl adjacent to an activating group) is 1. The van der Waals surface area contributed by atoms with Gasteiger partial charge in [0.15, 0.2) is 0 Å². The average molecular weight is 404 g/mol. The van der Waals surface area contributed by atoms with Crippen LogP contribution in [0.1, 0.15) is 25.0 Å². The van der Waals surface area contributed by atoms with Crippen LogP contribution >= 0.6 is 0 Å². The fraction of sp³-hybridized carbons (Fsp3) is 0.421. The number of hydrogen-bond acceptors (Lipinski definition) is 6. The predicted octanol–water partition coefficient (Wildman–Crippen LogP) is 2.84. The Labute approximate surface area is 165 Å². The highest BCUT2D eigenvalue weighted by molar-refractivity contribution is 7.89. The molecule has 0 unspecified atom stereocenters. The van der Waals surface area contributed by atoms with E-state index in [4.69, 9.17) is 0 Å². The van der Waals surface area contributed by atoms with Gasteiger partial charge in [-0.05, 0) is 37.1 Å². The number of hydrogen-bond donors (Lipinski definition) is 0. The van der Waals surface area contributed by atoms with Gasteiger partial charge in [-0.2, -0.15) is 4.31 Å². The van der Waals surface area contributed by atoms with E-state index in [0.717, 1.165) is 25.0 Å². The summed E-state index contributed by atoms with van der Waals surface area (Å²) in [5, 5.41) is 11.6. The zero-order valence-electron chi connectivity index (χ0n) is 15.8. The molecule has 1 aliphatic heterocycles. The van der Waals surface area contributed by atoms with Crippen LogP contribution < -0.4 is 4.90 Å². The van der Waals surface area contributed by atoms with Crippen molar-refractivity contribution in [1.29, 1.82) is 0 Å². The highest BCUT2D eigenvalue weighted by Crippen LogP contribution is 2.32. The Hall–Kier alpha value is -2.52. The van der Waals surface area contributed by atoms with Gasteiger partial charge in [-0.25, -0.2) is 8.42 Å². The highest BCUT2D eigenvalue weighted by Gasteiger charge is 2.29. The molecule has 1 fully saturated rings. The molecule has 2 heterocycles. The third-order valence-electron chi connectivity index (χ3n) is 4.94. The van der Waals surface area contributed by atoms with Gasteiger partial charge in [0, 0.05) is 51.1 Å². The molecule has 9 heteroatoms. The molecular formula is C19H24N4O4S. The van der Waals surface area contributed by atoms with Crippen LogP contribution in [0.25, 0.3) is 0 Å². The van der Waals surface area contributed by atoms with E-state index in [1.165, 1.54) is 22.5 Å². The zero-order valence-corrected chi connectivity index (χ0v) is 16.6. The molecule has 1 aliphatic rings. The maximum atomic E-state index is 12.8. The molecule has 0 bridgehead atoms. The third kappa shape index (κ3) is 4.48. The Kier molecular flexibility index (Phi) is 6.25. The number of sulfonamides is 1. The van der Waals surface area contributed by atoms with Crippen molar-refractivity contribution in [2.45, 2.75) is 30.6 Å². The fourth-order valence-electron chi connectivity index (χ4n) is 3.34. The number of pyridine rings is 1. The summed E-state index contributed by atoms with van der Waals surface area (Å²) < 4.78 is 27.1. The van der Waals surface area contributed by atoms with Gasteiger partial charge in [0.25, 0.3) is 5.69 Å². The van der Waals surface area contributed by atoms with Crippen LogP contribution in [0.4, 0.5) is 11.4 Å². The molecule has 2 aromatic rings. The van der Waals surface area contributed by atoms with E-state index in [2.05, 4.69) is 4.98 Å². The molecule has 1 saturated heterocycles. The molecular weight excluding hydrogens is 380 g/mol. The monoisotopic (exact) mass is 404 g/mol. The molecule has 28 heavy (non-hydrogen) atoms. The summed E-state index contributed by atoms with van der Waals surface area (Å²) in [7, 11) is -1.96. The van der Waals surface area contributed by atoms with Crippen molar-refractivity contribution in [3.8, 4) is 0 Å². The molecule has 0 amide bonds. The van der Waals surface area contributed by atoms with Gasteiger partial charge < -0.3 is 4.90 Å². The van der Waals surface area contributed by atoms with Crippen LogP contribution in [0.3, 0.4) is 0 Å². The van der Waals surface area contributed by atoms with Crippen LogP contribution in [0.2, 0.25) is 0 Å². The number of aromatic nitrogens is 1. The maximum Gasteiger partial charge on any atom is 0.293 e. The smallest absolute Gasteiger partial charge is 0.293 e. The Morgan fingerprint density at radius 2 is 1.93 bits per heavy atom. The summed E-state index contributed by atoms with van der Waals surface area (Å²) in [4.78, 5) is 17.1. The first kappa shape index (κ1) is 20.2. The van der Waals surface area contributed by atoms with Gasteiger partial charge in [0.05, 0.1) is 9.82 Å². The van der Waals surface area contributed by atoms with Crippen molar-refractivity contribution >= 4 is 21.4 Å². The molecule has 1 aromatic heterocycles. The molecule has 3 rings (SSSR count). The average Bonchev–Trinajstić information content (AvgIpc) is 2.73. The topological polar surface area (TPSA) is 96.7 Å². The number of piperidine rings is 1. The van der Waals surface area contributed by atoms with Gasteiger partial charge in [-0.15, -0.1) is 0 Å². The normalized spacial score (nSPS) is 15.3. The lowest BCUT2D eigenvalue weighted by Gasteiger charge is -2.26. The van der Waals surface area contributed by atoms with E-state index in [-0.39, 0.29) is 10.6 Å². The first-order chi connectivity index (χ1) is 13.4. The van der Waals surface area contributed by atoms with Crippen molar-refractivity contribution < 1.29 is 13.3 Å². The second-order valence-corrected chi connectivity index (χ2v) is 8.80. The number of benzene rings is 1. The van der Waals surface area contributed by atoms with E-state index in [1.54, 1.807) is 18.1 Å². The van der Waals surface area contributed by atoms with Gasteiger partial charge in [0.1, 0.15) is 5.69 Å². The van der Waals surface area contributed by atoms with E-state index in [9.17, 15) is 18.5 Å². The van der Waals surface area contributed by atoms with E-state index >= 15 is 0 Å².